The fraction of sp³-hybridized carbons (Fsp3) is 1.00. The molecule has 1 saturated carbocycles. The smallest absolute Gasteiger partial charge is 0.00981 e. The second-order valence-electron chi connectivity index (χ2n) is 7.53. The lowest BCUT2D eigenvalue weighted by atomic mass is 9.78. The summed E-state index contributed by atoms with van der Waals surface area (Å²) in [6, 6.07) is 0.873. The summed E-state index contributed by atoms with van der Waals surface area (Å²) in [6.07, 6.45) is 9.96. The first-order chi connectivity index (χ1) is 9.70. The minimum Gasteiger partial charge on any atom is -0.316 e. The van der Waals surface area contributed by atoms with E-state index in [1.165, 1.54) is 71.1 Å². The Balaban J connectivity index is 1.88. The van der Waals surface area contributed by atoms with Crippen LogP contribution in [0.1, 0.15) is 65.7 Å². The number of hydrogen-bond donors (Lipinski definition) is 1. The molecule has 0 bridgehead atoms. The second-order valence-corrected chi connectivity index (χ2v) is 7.53. The Bertz CT molecular complexity index is 258. The van der Waals surface area contributed by atoms with Gasteiger partial charge in [0.05, 0.1) is 0 Å². The largest absolute Gasteiger partial charge is 0.316 e. The zero-order chi connectivity index (χ0) is 14.4. The van der Waals surface area contributed by atoms with Crippen LogP contribution in [-0.4, -0.2) is 37.1 Å². The number of hydrogen-bond acceptors (Lipinski definition) is 2. The Kier molecular flexibility index (Phi) is 6.83. The summed E-state index contributed by atoms with van der Waals surface area (Å²) in [7, 11) is 0. The molecule has 1 N–H and O–H groups in total. The average Bonchev–Trinajstić information content (AvgIpc) is 2.48. The lowest BCUT2D eigenvalue weighted by Crippen LogP contribution is -2.45. The second kappa shape index (κ2) is 8.38. The molecule has 3 unspecified atom stereocenters. The van der Waals surface area contributed by atoms with Crippen LogP contribution in [0.25, 0.3) is 0 Å². The van der Waals surface area contributed by atoms with Crippen LogP contribution in [-0.2, 0) is 0 Å². The van der Waals surface area contributed by atoms with Gasteiger partial charge in [-0.2, -0.15) is 0 Å². The van der Waals surface area contributed by atoms with Crippen molar-refractivity contribution in [1.29, 1.82) is 0 Å². The molecule has 1 aliphatic heterocycles. The first-order valence-electron chi connectivity index (χ1n) is 9.15. The highest BCUT2D eigenvalue weighted by Gasteiger charge is 2.29. The third-order valence-electron chi connectivity index (χ3n) is 5.55. The van der Waals surface area contributed by atoms with Crippen LogP contribution in [0.3, 0.4) is 0 Å². The Morgan fingerprint density at radius 3 is 2.65 bits per heavy atom. The molecule has 0 aromatic rings. The van der Waals surface area contributed by atoms with Gasteiger partial charge in [0, 0.05) is 12.6 Å². The Labute approximate surface area is 126 Å². The van der Waals surface area contributed by atoms with Crippen molar-refractivity contribution in [3.8, 4) is 0 Å². The molecule has 2 nitrogen and oxygen atoms in total. The van der Waals surface area contributed by atoms with Crippen LogP contribution in [0, 0.1) is 17.8 Å². The van der Waals surface area contributed by atoms with E-state index in [0.29, 0.717) is 0 Å². The predicted octanol–water partition coefficient (Wildman–Crippen LogP) is 3.91. The molecule has 118 valence electrons. The molecule has 2 rings (SSSR count). The molecule has 0 aromatic carbocycles. The molecular weight excluding hydrogens is 244 g/mol. The predicted molar refractivity (Wildman–Crippen MR) is 88.0 cm³/mol. The minimum absolute atomic E-state index is 0.873. The van der Waals surface area contributed by atoms with Gasteiger partial charge in [-0.15, -0.1) is 0 Å². The van der Waals surface area contributed by atoms with Gasteiger partial charge in [0.1, 0.15) is 0 Å². The molecule has 2 aliphatic rings. The molecule has 1 saturated heterocycles. The van der Waals surface area contributed by atoms with Crippen molar-refractivity contribution < 1.29 is 0 Å². The highest BCUT2D eigenvalue weighted by molar-refractivity contribution is 4.84. The van der Waals surface area contributed by atoms with Crippen molar-refractivity contribution in [2.24, 2.45) is 17.8 Å². The molecule has 3 atom stereocenters. The molecule has 2 heteroatoms. The quantitative estimate of drug-likeness (QED) is 0.793. The Morgan fingerprint density at radius 1 is 1.15 bits per heavy atom. The van der Waals surface area contributed by atoms with E-state index in [4.69, 9.17) is 0 Å². The van der Waals surface area contributed by atoms with E-state index in [1.54, 1.807) is 0 Å². The van der Waals surface area contributed by atoms with Crippen molar-refractivity contribution in [3.05, 3.63) is 0 Å². The highest BCUT2D eigenvalue weighted by atomic mass is 15.2. The van der Waals surface area contributed by atoms with E-state index in [0.717, 1.165) is 23.8 Å². The number of piperidine rings is 1. The topological polar surface area (TPSA) is 15.3 Å². The Hall–Kier alpha value is -0.0800. The highest BCUT2D eigenvalue weighted by Crippen LogP contribution is 2.33. The van der Waals surface area contributed by atoms with Crippen molar-refractivity contribution in [2.75, 3.05) is 26.2 Å². The van der Waals surface area contributed by atoms with E-state index in [1.807, 2.05) is 0 Å². The summed E-state index contributed by atoms with van der Waals surface area (Å²) < 4.78 is 0. The van der Waals surface area contributed by atoms with E-state index < -0.39 is 0 Å². The molecule has 2 fully saturated rings. The van der Waals surface area contributed by atoms with E-state index in [-0.39, 0.29) is 0 Å². The maximum Gasteiger partial charge on any atom is 0.00981 e. The van der Waals surface area contributed by atoms with Crippen molar-refractivity contribution in [1.82, 2.24) is 10.2 Å². The van der Waals surface area contributed by atoms with Gasteiger partial charge >= 0.3 is 0 Å². The standard InChI is InChI=1S/C18H36N2/c1-4-11-20(14-16-7-6-10-19-13-16)18-9-5-8-17(12-18)15(2)3/h15-19H,4-14H2,1-3H3. The van der Waals surface area contributed by atoms with Crippen LogP contribution >= 0.6 is 0 Å². The monoisotopic (exact) mass is 280 g/mol. The fourth-order valence-electron chi connectivity index (χ4n) is 4.26. The van der Waals surface area contributed by atoms with E-state index in [2.05, 4.69) is 31.0 Å². The number of nitrogens with zero attached hydrogens (tertiary/aromatic N) is 1. The van der Waals surface area contributed by atoms with Gasteiger partial charge in [-0.1, -0.05) is 33.6 Å². The third-order valence-corrected chi connectivity index (χ3v) is 5.55. The van der Waals surface area contributed by atoms with Gasteiger partial charge in [-0.05, 0) is 69.5 Å². The minimum atomic E-state index is 0.873. The average molecular weight is 280 g/mol. The van der Waals surface area contributed by atoms with Gasteiger partial charge in [0.2, 0.25) is 0 Å². The normalized spacial score (nSPS) is 31.9. The summed E-state index contributed by atoms with van der Waals surface area (Å²) in [5.41, 5.74) is 0. The SMILES string of the molecule is CCCN(CC1CCCNC1)C1CCCC(C(C)C)C1. The van der Waals surface area contributed by atoms with E-state index >= 15 is 0 Å². The summed E-state index contributed by atoms with van der Waals surface area (Å²) in [5, 5.41) is 3.59. The summed E-state index contributed by atoms with van der Waals surface area (Å²) in [6.45, 7) is 12.3. The molecule has 1 heterocycles. The molecular formula is C18H36N2. The maximum atomic E-state index is 3.59. The third kappa shape index (κ3) is 4.73. The van der Waals surface area contributed by atoms with Crippen LogP contribution in [0.2, 0.25) is 0 Å². The zero-order valence-corrected chi connectivity index (χ0v) is 14.0. The van der Waals surface area contributed by atoms with Crippen LogP contribution in [0.5, 0.6) is 0 Å². The van der Waals surface area contributed by atoms with Gasteiger partial charge in [0.15, 0.2) is 0 Å². The van der Waals surface area contributed by atoms with Crippen molar-refractivity contribution in [2.45, 2.75) is 71.8 Å². The molecule has 0 amide bonds. The Morgan fingerprint density at radius 2 is 2.00 bits per heavy atom. The van der Waals surface area contributed by atoms with Crippen molar-refractivity contribution in [3.63, 3.8) is 0 Å². The first kappa shape index (κ1) is 16.3. The lowest BCUT2D eigenvalue weighted by Gasteiger charge is -2.41. The van der Waals surface area contributed by atoms with Crippen molar-refractivity contribution >= 4 is 0 Å². The molecule has 1 aliphatic carbocycles. The molecule has 0 radical (unpaired) electrons. The summed E-state index contributed by atoms with van der Waals surface area (Å²) in [4.78, 5) is 2.85. The number of nitrogens with one attached hydrogen (secondary N) is 1. The summed E-state index contributed by atoms with van der Waals surface area (Å²) >= 11 is 0. The lowest BCUT2D eigenvalue weighted by molar-refractivity contribution is 0.0927. The molecule has 0 spiro atoms. The maximum absolute atomic E-state index is 3.59. The zero-order valence-electron chi connectivity index (χ0n) is 14.0. The van der Waals surface area contributed by atoms with Crippen LogP contribution < -0.4 is 5.32 Å². The van der Waals surface area contributed by atoms with Gasteiger partial charge in [-0.3, -0.25) is 0 Å². The van der Waals surface area contributed by atoms with E-state index in [9.17, 15) is 0 Å². The first-order valence-corrected chi connectivity index (χ1v) is 9.15. The van der Waals surface area contributed by atoms with Gasteiger partial charge in [0.25, 0.3) is 0 Å². The van der Waals surface area contributed by atoms with Crippen LogP contribution in [0.4, 0.5) is 0 Å². The molecule has 0 aromatic heterocycles. The number of rotatable bonds is 6. The van der Waals surface area contributed by atoms with Gasteiger partial charge < -0.3 is 10.2 Å². The summed E-state index contributed by atoms with van der Waals surface area (Å²) in [5.74, 6) is 2.74. The fourth-order valence-corrected chi connectivity index (χ4v) is 4.26. The van der Waals surface area contributed by atoms with Crippen LogP contribution in [0.15, 0.2) is 0 Å². The van der Waals surface area contributed by atoms with Gasteiger partial charge in [-0.25, -0.2) is 0 Å². The molecule has 20 heavy (non-hydrogen) atoms.